The normalized spacial score (nSPS) is 11.1. The summed E-state index contributed by atoms with van der Waals surface area (Å²) in [6.45, 7) is 1.32. The minimum atomic E-state index is -0.297. The number of carbonyl (C=O) groups excluding carboxylic acids is 2. The predicted octanol–water partition coefficient (Wildman–Crippen LogP) is 1.30. The standard InChI is InChI=1S/C11H11NO2/c1-8(13)10(12)7-11(14)9-5-3-2-4-6-9/h2-7H,12H2,1H3. The van der Waals surface area contributed by atoms with Crippen molar-refractivity contribution in [2.45, 2.75) is 6.92 Å². The van der Waals surface area contributed by atoms with Crippen LogP contribution in [-0.4, -0.2) is 11.6 Å². The lowest BCUT2D eigenvalue weighted by Crippen LogP contribution is -2.09. The lowest BCUT2D eigenvalue weighted by molar-refractivity contribution is -0.113. The first-order valence-corrected chi connectivity index (χ1v) is 4.18. The van der Waals surface area contributed by atoms with Crippen LogP contribution in [0.15, 0.2) is 42.1 Å². The Morgan fingerprint density at radius 1 is 1.21 bits per heavy atom. The smallest absolute Gasteiger partial charge is 0.188 e. The molecule has 0 amide bonds. The molecule has 0 aromatic heterocycles. The van der Waals surface area contributed by atoms with Gasteiger partial charge in [0.15, 0.2) is 11.6 Å². The van der Waals surface area contributed by atoms with Crippen LogP contribution in [0.3, 0.4) is 0 Å². The summed E-state index contributed by atoms with van der Waals surface area (Å²) in [4.78, 5) is 22.2. The lowest BCUT2D eigenvalue weighted by atomic mass is 10.1. The molecule has 1 aromatic rings. The molecule has 0 aliphatic carbocycles. The molecule has 0 radical (unpaired) electrons. The van der Waals surface area contributed by atoms with Crippen LogP contribution in [-0.2, 0) is 4.79 Å². The third-order valence-corrected chi connectivity index (χ3v) is 1.75. The second-order valence-electron chi connectivity index (χ2n) is 2.89. The number of Topliss-reactive ketones (excluding diaryl/α,β-unsaturated/α-hetero) is 1. The number of allylic oxidation sites excluding steroid dienone is 2. The van der Waals surface area contributed by atoms with Gasteiger partial charge in [0.05, 0.1) is 5.70 Å². The van der Waals surface area contributed by atoms with Crippen molar-refractivity contribution in [2.24, 2.45) is 5.73 Å². The van der Waals surface area contributed by atoms with E-state index in [2.05, 4.69) is 0 Å². The van der Waals surface area contributed by atoms with Gasteiger partial charge in [-0.25, -0.2) is 0 Å². The molecule has 0 fully saturated rings. The lowest BCUT2D eigenvalue weighted by Gasteiger charge is -1.96. The fourth-order valence-corrected chi connectivity index (χ4v) is 0.929. The topological polar surface area (TPSA) is 60.2 Å². The first-order valence-electron chi connectivity index (χ1n) is 4.18. The van der Waals surface area contributed by atoms with Crippen molar-refractivity contribution in [3.63, 3.8) is 0 Å². The minimum absolute atomic E-state index is 0.0150. The average molecular weight is 189 g/mol. The Morgan fingerprint density at radius 2 is 1.79 bits per heavy atom. The van der Waals surface area contributed by atoms with Crippen molar-refractivity contribution < 1.29 is 9.59 Å². The third kappa shape index (κ3) is 2.55. The highest BCUT2D eigenvalue weighted by molar-refractivity contribution is 6.09. The molecule has 0 aliphatic heterocycles. The zero-order chi connectivity index (χ0) is 10.6. The molecule has 0 unspecified atom stereocenters. The molecule has 3 heteroatoms. The van der Waals surface area contributed by atoms with E-state index in [9.17, 15) is 9.59 Å². The Kier molecular flexibility index (Phi) is 3.18. The zero-order valence-electron chi connectivity index (χ0n) is 7.86. The molecule has 0 saturated heterocycles. The van der Waals surface area contributed by atoms with Gasteiger partial charge in [0.25, 0.3) is 0 Å². The third-order valence-electron chi connectivity index (χ3n) is 1.75. The van der Waals surface area contributed by atoms with Gasteiger partial charge >= 0.3 is 0 Å². The Hall–Kier alpha value is -1.90. The largest absolute Gasteiger partial charge is 0.396 e. The highest BCUT2D eigenvalue weighted by atomic mass is 16.1. The molecule has 2 N–H and O–H groups in total. The summed E-state index contributed by atoms with van der Waals surface area (Å²) in [6.07, 6.45) is 1.15. The van der Waals surface area contributed by atoms with E-state index in [0.29, 0.717) is 5.56 Å². The fourth-order valence-electron chi connectivity index (χ4n) is 0.929. The van der Waals surface area contributed by atoms with Crippen LogP contribution in [0.4, 0.5) is 0 Å². The second kappa shape index (κ2) is 4.37. The molecule has 0 heterocycles. The van der Waals surface area contributed by atoms with Gasteiger partial charge < -0.3 is 5.73 Å². The van der Waals surface area contributed by atoms with Crippen molar-refractivity contribution in [2.75, 3.05) is 0 Å². The van der Waals surface area contributed by atoms with E-state index >= 15 is 0 Å². The van der Waals surface area contributed by atoms with Gasteiger partial charge in [-0.2, -0.15) is 0 Å². The highest BCUT2D eigenvalue weighted by Gasteiger charge is 2.04. The number of hydrogen-bond acceptors (Lipinski definition) is 3. The first kappa shape index (κ1) is 10.2. The number of hydrogen-bond donors (Lipinski definition) is 1. The monoisotopic (exact) mass is 189 g/mol. The molecule has 3 nitrogen and oxygen atoms in total. The van der Waals surface area contributed by atoms with E-state index in [1.807, 2.05) is 6.07 Å². The molecular formula is C11H11NO2. The summed E-state index contributed by atoms with van der Waals surface area (Å²) >= 11 is 0. The van der Waals surface area contributed by atoms with Gasteiger partial charge in [0.1, 0.15) is 0 Å². The van der Waals surface area contributed by atoms with E-state index in [-0.39, 0.29) is 17.3 Å². The van der Waals surface area contributed by atoms with Crippen molar-refractivity contribution in [1.82, 2.24) is 0 Å². The summed E-state index contributed by atoms with van der Waals surface area (Å²) < 4.78 is 0. The number of carbonyl (C=O) groups is 2. The molecule has 0 atom stereocenters. The number of benzene rings is 1. The molecule has 72 valence electrons. The van der Waals surface area contributed by atoms with Gasteiger partial charge in [-0.3, -0.25) is 9.59 Å². The summed E-state index contributed by atoms with van der Waals surface area (Å²) in [5, 5.41) is 0. The summed E-state index contributed by atoms with van der Waals surface area (Å²) in [6, 6.07) is 8.67. The quantitative estimate of drug-likeness (QED) is 0.576. The van der Waals surface area contributed by atoms with E-state index in [4.69, 9.17) is 5.73 Å². The zero-order valence-corrected chi connectivity index (χ0v) is 7.86. The van der Waals surface area contributed by atoms with Crippen LogP contribution in [0.25, 0.3) is 0 Å². The maximum atomic E-state index is 11.5. The van der Waals surface area contributed by atoms with Crippen LogP contribution in [0.2, 0.25) is 0 Å². The molecule has 14 heavy (non-hydrogen) atoms. The molecule has 1 rings (SSSR count). The van der Waals surface area contributed by atoms with Crippen LogP contribution < -0.4 is 5.73 Å². The second-order valence-corrected chi connectivity index (χ2v) is 2.89. The van der Waals surface area contributed by atoms with Gasteiger partial charge in [-0.05, 0) is 0 Å². The molecule has 0 aliphatic rings. The van der Waals surface area contributed by atoms with Gasteiger partial charge in [-0.1, -0.05) is 30.3 Å². The van der Waals surface area contributed by atoms with Crippen LogP contribution >= 0.6 is 0 Å². The van der Waals surface area contributed by atoms with E-state index in [1.165, 1.54) is 6.92 Å². The average Bonchev–Trinajstić information content (AvgIpc) is 2.19. The van der Waals surface area contributed by atoms with Crippen LogP contribution in [0.5, 0.6) is 0 Å². The highest BCUT2D eigenvalue weighted by Crippen LogP contribution is 2.01. The van der Waals surface area contributed by atoms with E-state index in [1.54, 1.807) is 24.3 Å². The van der Waals surface area contributed by atoms with E-state index < -0.39 is 0 Å². The predicted molar refractivity (Wildman–Crippen MR) is 53.7 cm³/mol. The van der Waals surface area contributed by atoms with Gasteiger partial charge in [0, 0.05) is 18.6 Å². The molecule has 0 bridgehead atoms. The SMILES string of the molecule is CC(=O)C(N)=CC(=O)c1ccccc1. The maximum absolute atomic E-state index is 11.5. The number of nitrogens with two attached hydrogens (primary N) is 1. The van der Waals surface area contributed by atoms with Crippen molar-refractivity contribution in [3.05, 3.63) is 47.7 Å². The van der Waals surface area contributed by atoms with Crippen molar-refractivity contribution in [1.29, 1.82) is 0 Å². The summed E-state index contributed by atoms with van der Waals surface area (Å²) in [5.41, 5.74) is 5.86. The first-order chi connectivity index (χ1) is 6.61. The molecule has 0 spiro atoms. The van der Waals surface area contributed by atoms with Crippen molar-refractivity contribution >= 4 is 11.6 Å². The molecular weight excluding hydrogens is 178 g/mol. The summed E-state index contributed by atoms with van der Waals surface area (Å²) in [5.74, 6) is -0.549. The Bertz CT molecular complexity index is 380. The van der Waals surface area contributed by atoms with Gasteiger partial charge in [-0.15, -0.1) is 0 Å². The van der Waals surface area contributed by atoms with Crippen molar-refractivity contribution in [3.8, 4) is 0 Å². The Morgan fingerprint density at radius 3 is 2.29 bits per heavy atom. The summed E-state index contributed by atoms with van der Waals surface area (Å²) in [7, 11) is 0. The number of ketones is 2. The molecule has 1 aromatic carbocycles. The number of rotatable bonds is 3. The fraction of sp³-hybridized carbons (Fsp3) is 0.0909. The maximum Gasteiger partial charge on any atom is 0.188 e. The van der Waals surface area contributed by atoms with Gasteiger partial charge in [0.2, 0.25) is 0 Å². The van der Waals surface area contributed by atoms with E-state index in [0.717, 1.165) is 6.08 Å². The Balaban J connectivity index is 2.88. The minimum Gasteiger partial charge on any atom is -0.396 e. The van der Waals surface area contributed by atoms with Crippen LogP contribution in [0.1, 0.15) is 17.3 Å². The molecule has 0 saturated carbocycles. The van der Waals surface area contributed by atoms with Crippen LogP contribution in [0, 0.1) is 0 Å². The Labute approximate surface area is 82.2 Å².